The summed E-state index contributed by atoms with van der Waals surface area (Å²) in [6.07, 6.45) is -1.39. The third-order valence-electron chi connectivity index (χ3n) is 6.14. The van der Waals surface area contributed by atoms with Gasteiger partial charge in [0, 0.05) is 18.0 Å². The van der Waals surface area contributed by atoms with Crippen molar-refractivity contribution in [2.24, 2.45) is 0 Å². The normalized spacial score (nSPS) is 12.2. The van der Waals surface area contributed by atoms with Gasteiger partial charge in [-0.2, -0.15) is 22.0 Å². The standard InChI is InChI=1S/C27H20F5N5O3S/c1-16-34-25(27(30,31)32)15-36(16)22-10-9-18(17-5-4-8-21(12-17)41(2,38)39)13-23(22)37-24(14-33-35-37)19-6-3-7-20(11-19)40-26(28)29/h3-15,26H,1-2H3. The number of halogens is 5. The van der Waals surface area contributed by atoms with Crippen LogP contribution >= 0.6 is 0 Å². The summed E-state index contributed by atoms with van der Waals surface area (Å²) in [5, 5.41) is 8.10. The van der Waals surface area contributed by atoms with E-state index in [-0.39, 0.29) is 27.8 Å². The molecular weight excluding hydrogens is 569 g/mol. The zero-order chi connectivity index (χ0) is 29.5. The highest BCUT2D eigenvalue weighted by molar-refractivity contribution is 7.90. The van der Waals surface area contributed by atoms with E-state index in [1.807, 2.05) is 0 Å². The highest BCUT2D eigenvalue weighted by Gasteiger charge is 2.34. The zero-order valence-corrected chi connectivity index (χ0v) is 22.2. The molecule has 0 saturated carbocycles. The number of benzene rings is 3. The van der Waals surface area contributed by atoms with Crippen molar-refractivity contribution in [3.05, 3.63) is 90.6 Å². The summed E-state index contributed by atoms with van der Waals surface area (Å²) < 4.78 is 97.5. The molecule has 0 radical (unpaired) electrons. The van der Waals surface area contributed by atoms with Crippen molar-refractivity contribution >= 4 is 9.84 Å². The van der Waals surface area contributed by atoms with E-state index in [1.54, 1.807) is 36.4 Å². The molecule has 0 amide bonds. The van der Waals surface area contributed by atoms with Crippen LogP contribution in [0.4, 0.5) is 22.0 Å². The van der Waals surface area contributed by atoms with Crippen LogP contribution in [0.1, 0.15) is 11.5 Å². The molecule has 41 heavy (non-hydrogen) atoms. The summed E-state index contributed by atoms with van der Waals surface area (Å²) in [5.74, 6) is -0.0727. The number of sulfone groups is 1. The molecule has 2 aromatic heterocycles. The first-order valence-corrected chi connectivity index (χ1v) is 13.7. The fourth-order valence-corrected chi connectivity index (χ4v) is 4.94. The Bertz CT molecular complexity index is 1850. The first-order valence-electron chi connectivity index (χ1n) is 11.9. The number of nitrogens with zero attached hydrogens (tertiary/aromatic N) is 5. The third kappa shape index (κ3) is 5.82. The first-order chi connectivity index (χ1) is 19.3. The van der Waals surface area contributed by atoms with Crippen LogP contribution in [0.2, 0.25) is 0 Å². The molecule has 14 heteroatoms. The number of alkyl halides is 5. The lowest BCUT2D eigenvalue weighted by Crippen LogP contribution is -2.08. The van der Waals surface area contributed by atoms with Crippen LogP contribution in [0.25, 0.3) is 33.8 Å². The van der Waals surface area contributed by atoms with Gasteiger partial charge in [0.25, 0.3) is 0 Å². The molecule has 0 aliphatic carbocycles. The first kappa shape index (κ1) is 28.0. The van der Waals surface area contributed by atoms with Gasteiger partial charge in [-0.1, -0.05) is 35.5 Å². The maximum Gasteiger partial charge on any atom is 0.434 e. The quantitative estimate of drug-likeness (QED) is 0.213. The van der Waals surface area contributed by atoms with Crippen LogP contribution in [0, 0.1) is 6.92 Å². The maximum atomic E-state index is 13.5. The molecule has 0 saturated heterocycles. The molecule has 0 bridgehead atoms. The number of aryl methyl sites for hydroxylation is 1. The van der Waals surface area contributed by atoms with Crippen molar-refractivity contribution in [2.75, 3.05) is 6.26 Å². The van der Waals surface area contributed by atoms with Crippen molar-refractivity contribution in [1.29, 1.82) is 0 Å². The Labute approximate surface area is 230 Å². The van der Waals surface area contributed by atoms with Crippen LogP contribution < -0.4 is 4.74 Å². The van der Waals surface area contributed by atoms with Gasteiger partial charge in [-0.15, -0.1) is 5.10 Å². The summed E-state index contributed by atoms with van der Waals surface area (Å²) in [4.78, 5) is 3.74. The highest BCUT2D eigenvalue weighted by Crippen LogP contribution is 2.34. The molecule has 212 valence electrons. The van der Waals surface area contributed by atoms with E-state index in [0.717, 1.165) is 12.5 Å². The number of aromatic nitrogens is 5. The van der Waals surface area contributed by atoms with E-state index in [1.165, 1.54) is 52.7 Å². The molecule has 0 atom stereocenters. The van der Waals surface area contributed by atoms with E-state index >= 15 is 0 Å². The minimum atomic E-state index is -4.69. The third-order valence-corrected chi connectivity index (χ3v) is 7.25. The maximum absolute atomic E-state index is 13.5. The predicted molar refractivity (Wildman–Crippen MR) is 139 cm³/mol. The Morgan fingerprint density at radius 1 is 0.902 bits per heavy atom. The molecule has 5 aromatic rings. The van der Waals surface area contributed by atoms with Gasteiger partial charge in [0.05, 0.1) is 28.2 Å². The van der Waals surface area contributed by atoms with Crippen molar-refractivity contribution < 1.29 is 35.1 Å². The van der Waals surface area contributed by atoms with Crippen LogP contribution in [0.15, 0.2) is 84.0 Å². The van der Waals surface area contributed by atoms with Crippen molar-refractivity contribution in [3.8, 4) is 39.5 Å². The van der Waals surface area contributed by atoms with Gasteiger partial charge in [-0.05, 0) is 54.4 Å². The molecule has 2 heterocycles. The lowest BCUT2D eigenvalue weighted by atomic mass is 10.0. The summed E-state index contributed by atoms with van der Waals surface area (Å²) >= 11 is 0. The summed E-state index contributed by atoms with van der Waals surface area (Å²) in [6.45, 7) is -1.64. The average molecular weight is 590 g/mol. The van der Waals surface area contributed by atoms with Crippen molar-refractivity contribution in [2.45, 2.75) is 24.6 Å². The van der Waals surface area contributed by atoms with Crippen LogP contribution in [-0.2, 0) is 16.0 Å². The van der Waals surface area contributed by atoms with Crippen molar-refractivity contribution in [1.82, 2.24) is 24.5 Å². The highest BCUT2D eigenvalue weighted by atomic mass is 32.2. The lowest BCUT2D eigenvalue weighted by Gasteiger charge is -2.16. The monoisotopic (exact) mass is 589 g/mol. The summed E-state index contributed by atoms with van der Waals surface area (Å²) in [6, 6.07) is 16.8. The number of hydrogen-bond donors (Lipinski definition) is 0. The van der Waals surface area contributed by atoms with Gasteiger partial charge >= 0.3 is 12.8 Å². The van der Waals surface area contributed by atoms with Crippen molar-refractivity contribution in [3.63, 3.8) is 0 Å². The van der Waals surface area contributed by atoms with Crippen LogP contribution in [0.5, 0.6) is 5.75 Å². The van der Waals surface area contributed by atoms with E-state index in [9.17, 15) is 30.4 Å². The minimum Gasteiger partial charge on any atom is -0.435 e. The Kier molecular flexibility index (Phi) is 7.11. The molecule has 0 spiro atoms. The predicted octanol–water partition coefficient (Wildman–Crippen LogP) is 6.12. The van der Waals surface area contributed by atoms with Gasteiger partial charge in [0.1, 0.15) is 11.6 Å². The number of rotatable bonds is 7. The van der Waals surface area contributed by atoms with Crippen LogP contribution in [-0.4, -0.2) is 45.8 Å². The summed E-state index contributed by atoms with van der Waals surface area (Å²) in [7, 11) is -3.52. The lowest BCUT2D eigenvalue weighted by molar-refractivity contribution is -0.141. The van der Waals surface area contributed by atoms with E-state index < -0.39 is 28.3 Å². The number of hydrogen-bond acceptors (Lipinski definition) is 6. The molecule has 0 unspecified atom stereocenters. The zero-order valence-electron chi connectivity index (χ0n) is 21.3. The molecule has 0 N–H and O–H groups in total. The molecule has 0 aliphatic rings. The topological polar surface area (TPSA) is 91.9 Å². The molecule has 3 aromatic carbocycles. The number of imidazole rings is 1. The Hall–Kier alpha value is -4.59. The molecule has 0 fully saturated rings. The van der Waals surface area contributed by atoms with Gasteiger partial charge in [-0.3, -0.25) is 0 Å². The second-order valence-corrected chi connectivity index (χ2v) is 11.0. The molecule has 0 aliphatic heterocycles. The Morgan fingerprint density at radius 2 is 1.61 bits per heavy atom. The van der Waals surface area contributed by atoms with E-state index in [2.05, 4.69) is 20.0 Å². The minimum absolute atomic E-state index is 0.0411. The van der Waals surface area contributed by atoms with Gasteiger partial charge in [-0.25, -0.2) is 18.1 Å². The molecule has 8 nitrogen and oxygen atoms in total. The Morgan fingerprint density at radius 3 is 2.29 bits per heavy atom. The second kappa shape index (κ2) is 10.4. The largest absolute Gasteiger partial charge is 0.435 e. The molecular formula is C27H20F5N5O3S. The Balaban J connectivity index is 1.73. The summed E-state index contributed by atoms with van der Waals surface area (Å²) in [5.41, 5.74) is 1.17. The van der Waals surface area contributed by atoms with Gasteiger partial charge < -0.3 is 9.30 Å². The number of ether oxygens (including phenoxy) is 1. The fourth-order valence-electron chi connectivity index (χ4n) is 4.28. The second-order valence-electron chi connectivity index (χ2n) is 8.98. The van der Waals surface area contributed by atoms with Gasteiger partial charge in [0.15, 0.2) is 15.5 Å². The van der Waals surface area contributed by atoms with E-state index in [0.29, 0.717) is 22.4 Å². The smallest absolute Gasteiger partial charge is 0.434 e. The van der Waals surface area contributed by atoms with Crippen LogP contribution in [0.3, 0.4) is 0 Å². The molecule has 5 rings (SSSR count). The average Bonchev–Trinajstić information content (AvgIpc) is 3.55. The van der Waals surface area contributed by atoms with E-state index in [4.69, 9.17) is 0 Å². The SMILES string of the molecule is Cc1nc(C(F)(F)F)cn1-c1ccc(-c2cccc(S(C)(=O)=O)c2)cc1-n1nncc1-c1cccc(OC(F)F)c1. The van der Waals surface area contributed by atoms with Gasteiger partial charge in [0.2, 0.25) is 0 Å². The fraction of sp³-hybridized carbons (Fsp3) is 0.148.